The molecule has 0 aliphatic carbocycles. The molecule has 0 aliphatic rings. The highest BCUT2D eigenvalue weighted by Gasteiger charge is 2.07. The van der Waals surface area contributed by atoms with E-state index in [0.717, 1.165) is 27.3 Å². The van der Waals surface area contributed by atoms with E-state index < -0.39 is 0 Å². The van der Waals surface area contributed by atoms with Crippen LogP contribution in [0.25, 0.3) is 0 Å². The number of ether oxygens (including phenoxy) is 2. The molecule has 2 aromatic carbocycles. The lowest BCUT2D eigenvalue weighted by Crippen LogP contribution is -1.99. The molecule has 3 aromatic rings. The first-order valence-corrected chi connectivity index (χ1v) is 9.50. The first-order chi connectivity index (χ1) is 12.2. The molecule has 0 unspecified atom stereocenters. The van der Waals surface area contributed by atoms with Crippen LogP contribution in [0.3, 0.4) is 0 Å². The minimum absolute atomic E-state index is 0.256. The molecular formula is C18H17BrN2O3S. The molecule has 0 aliphatic heterocycles. The molecule has 0 spiro atoms. The molecule has 0 saturated heterocycles. The number of hydrogen-bond donors (Lipinski definition) is 0. The van der Waals surface area contributed by atoms with E-state index in [2.05, 4.69) is 26.1 Å². The highest BCUT2D eigenvalue weighted by molar-refractivity contribution is 9.10. The van der Waals surface area contributed by atoms with E-state index in [4.69, 9.17) is 13.9 Å². The Bertz CT molecular complexity index is 808. The quantitative estimate of drug-likeness (QED) is 0.381. The van der Waals surface area contributed by atoms with Gasteiger partial charge in [-0.3, -0.25) is 0 Å². The van der Waals surface area contributed by atoms with Crippen molar-refractivity contribution in [3.8, 4) is 11.5 Å². The maximum atomic E-state index is 5.65. The fourth-order valence-corrected chi connectivity index (χ4v) is 2.88. The Labute approximate surface area is 158 Å². The van der Waals surface area contributed by atoms with Gasteiger partial charge in [0.05, 0.1) is 6.61 Å². The number of halogens is 1. The van der Waals surface area contributed by atoms with Crippen molar-refractivity contribution in [2.45, 2.75) is 18.8 Å². The van der Waals surface area contributed by atoms with Crippen molar-refractivity contribution in [2.75, 3.05) is 12.4 Å². The molecule has 7 heteroatoms. The van der Waals surface area contributed by atoms with Gasteiger partial charge in [-0.1, -0.05) is 39.8 Å². The van der Waals surface area contributed by atoms with Crippen molar-refractivity contribution in [1.29, 1.82) is 0 Å². The highest BCUT2D eigenvalue weighted by atomic mass is 79.9. The Balaban J connectivity index is 1.40. The van der Waals surface area contributed by atoms with Crippen LogP contribution in [-0.2, 0) is 6.61 Å². The second-order valence-corrected chi connectivity index (χ2v) is 7.18. The zero-order chi connectivity index (χ0) is 17.5. The van der Waals surface area contributed by atoms with Gasteiger partial charge in [-0.25, -0.2) is 0 Å². The molecule has 0 amide bonds. The SMILES string of the molecule is Cc1cccc(OCc2nnc(SCCOc3ccc(Br)cc3)o2)c1. The van der Waals surface area contributed by atoms with Crippen molar-refractivity contribution in [1.82, 2.24) is 10.2 Å². The van der Waals surface area contributed by atoms with Gasteiger partial charge in [0.25, 0.3) is 11.1 Å². The molecule has 130 valence electrons. The van der Waals surface area contributed by atoms with Gasteiger partial charge in [-0.15, -0.1) is 10.2 Å². The van der Waals surface area contributed by atoms with Gasteiger partial charge >= 0.3 is 0 Å². The molecule has 0 N–H and O–H groups in total. The second kappa shape index (κ2) is 8.92. The molecule has 0 bridgehead atoms. The van der Waals surface area contributed by atoms with Crippen LogP contribution in [0.15, 0.2) is 62.6 Å². The summed E-state index contributed by atoms with van der Waals surface area (Å²) in [5.74, 6) is 2.80. The van der Waals surface area contributed by atoms with Gasteiger partial charge in [0.1, 0.15) is 11.5 Å². The molecule has 3 rings (SSSR count). The fraction of sp³-hybridized carbons (Fsp3) is 0.222. The van der Waals surface area contributed by atoms with E-state index in [1.807, 2.05) is 55.5 Å². The predicted molar refractivity (Wildman–Crippen MR) is 100 cm³/mol. The van der Waals surface area contributed by atoms with E-state index in [-0.39, 0.29) is 6.61 Å². The van der Waals surface area contributed by atoms with E-state index in [1.54, 1.807) is 0 Å². The summed E-state index contributed by atoms with van der Waals surface area (Å²) in [7, 11) is 0. The van der Waals surface area contributed by atoms with Crippen LogP contribution in [0, 0.1) is 6.92 Å². The number of thioether (sulfide) groups is 1. The summed E-state index contributed by atoms with van der Waals surface area (Å²) in [5.41, 5.74) is 1.14. The fourth-order valence-electron chi connectivity index (χ4n) is 2.02. The Kier molecular flexibility index (Phi) is 6.36. The first-order valence-electron chi connectivity index (χ1n) is 7.72. The first kappa shape index (κ1) is 17.8. The number of hydrogen-bond acceptors (Lipinski definition) is 6. The number of aromatic nitrogens is 2. The Morgan fingerprint density at radius 1 is 1.04 bits per heavy atom. The lowest BCUT2D eigenvalue weighted by molar-refractivity contribution is 0.252. The summed E-state index contributed by atoms with van der Waals surface area (Å²) in [6, 6.07) is 15.6. The monoisotopic (exact) mass is 420 g/mol. The third-order valence-electron chi connectivity index (χ3n) is 3.19. The third kappa shape index (κ3) is 5.79. The van der Waals surface area contributed by atoms with Crippen LogP contribution in [0.4, 0.5) is 0 Å². The van der Waals surface area contributed by atoms with Gasteiger partial charge in [0, 0.05) is 10.2 Å². The van der Waals surface area contributed by atoms with Crippen molar-refractivity contribution < 1.29 is 13.9 Å². The normalized spacial score (nSPS) is 10.6. The average Bonchev–Trinajstić information content (AvgIpc) is 3.06. The summed E-state index contributed by atoms with van der Waals surface area (Å²) >= 11 is 4.85. The molecule has 0 radical (unpaired) electrons. The van der Waals surface area contributed by atoms with Crippen molar-refractivity contribution in [3.05, 3.63) is 64.5 Å². The zero-order valence-electron chi connectivity index (χ0n) is 13.6. The zero-order valence-corrected chi connectivity index (χ0v) is 16.0. The molecule has 1 aromatic heterocycles. The molecule has 1 heterocycles. The summed E-state index contributed by atoms with van der Waals surface area (Å²) < 4.78 is 17.9. The van der Waals surface area contributed by atoms with Gasteiger partial charge in [-0.2, -0.15) is 0 Å². The Hall–Kier alpha value is -1.99. The Morgan fingerprint density at radius 3 is 2.68 bits per heavy atom. The average molecular weight is 421 g/mol. The summed E-state index contributed by atoms with van der Waals surface area (Å²) in [6.45, 7) is 2.83. The van der Waals surface area contributed by atoms with Gasteiger partial charge < -0.3 is 13.9 Å². The number of aryl methyl sites for hydroxylation is 1. The molecule has 0 saturated carbocycles. The molecule has 25 heavy (non-hydrogen) atoms. The maximum Gasteiger partial charge on any atom is 0.276 e. The lowest BCUT2D eigenvalue weighted by atomic mass is 10.2. The number of rotatable bonds is 8. The lowest BCUT2D eigenvalue weighted by Gasteiger charge is -2.04. The van der Waals surface area contributed by atoms with E-state index in [9.17, 15) is 0 Å². The van der Waals surface area contributed by atoms with Crippen molar-refractivity contribution >= 4 is 27.7 Å². The van der Waals surface area contributed by atoms with Crippen LogP contribution < -0.4 is 9.47 Å². The minimum atomic E-state index is 0.256. The third-order valence-corrected chi connectivity index (χ3v) is 4.50. The minimum Gasteiger partial charge on any atom is -0.493 e. The standard InChI is InChI=1S/C18H17BrN2O3S/c1-13-3-2-4-16(11-13)23-12-17-20-21-18(24-17)25-10-9-22-15-7-5-14(19)6-8-15/h2-8,11H,9-10,12H2,1H3. The maximum absolute atomic E-state index is 5.65. The van der Waals surface area contributed by atoms with Crippen molar-refractivity contribution in [2.24, 2.45) is 0 Å². The van der Waals surface area contributed by atoms with Gasteiger partial charge in [0.15, 0.2) is 6.61 Å². The highest BCUT2D eigenvalue weighted by Crippen LogP contribution is 2.20. The van der Waals surface area contributed by atoms with Crippen LogP contribution >= 0.6 is 27.7 Å². The number of benzene rings is 2. The van der Waals surface area contributed by atoms with E-state index >= 15 is 0 Å². The largest absolute Gasteiger partial charge is 0.493 e. The topological polar surface area (TPSA) is 57.4 Å². The van der Waals surface area contributed by atoms with Gasteiger partial charge in [-0.05, 0) is 48.9 Å². The van der Waals surface area contributed by atoms with Crippen LogP contribution in [0.5, 0.6) is 11.5 Å². The molecule has 0 atom stereocenters. The van der Waals surface area contributed by atoms with Gasteiger partial charge in [0.2, 0.25) is 0 Å². The summed E-state index contributed by atoms with van der Waals surface area (Å²) in [5, 5.41) is 8.51. The summed E-state index contributed by atoms with van der Waals surface area (Å²) in [6.07, 6.45) is 0. The van der Waals surface area contributed by atoms with Crippen LogP contribution in [0.1, 0.15) is 11.5 Å². The Morgan fingerprint density at radius 2 is 1.88 bits per heavy atom. The molecule has 0 fully saturated rings. The number of nitrogens with zero attached hydrogens (tertiary/aromatic N) is 2. The molecule has 5 nitrogen and oxygen atoms in total. The van der Waals surface area contributed by atoms with Crippen molar-refractivity contribution in [3.63, 3.8) is 0 Å². The van der Waals surface area contributed by atoms with Crippen LogP contribution in [0.2, 0.25) is 0 Å². The smallest absolute Gasteiger partial charge is 0.276 e. The molecular weight excluding hydrogens is 404 g/mol. The summed E-state index contributed by atoms with van der Waals surface area (Å²) in [4.78, 5) is 0. The van der Waals surface area contributed by atoms with E-state index in [0.29, 0.717) is 17.7 Å². The van der Waals surface area contributed by atoms with Crippen LogP contribution in [-0.4, -0.2) is 22.6 Å². The predicted octanol–water partition coefficient (Wildman–Crippen LogP) is 4.89. The van der Waals surface area contributed by atoms with E-state index in [1.165, 1.54) is 11.8 Å². The second-order valence-electron chi connectivity index (χ2n) is 5.22.